The summed E-state index contributed by atoms with van der Waals surface area (Å²) in [4.78, 5) is 12.7. The molecule has 2 rings (SSSR count). The minimum atomic E-state index is -3.75. The number of piperidine rings is 1. The summed E-state index contributed by atoms with van der Waals surface area (Å²) in [5.41, 5.74) is 0.0463. The molecule has 1 fully saturated rings. The molecular formula is C12H18N4O4S. The number of hydrogen-bond acceptors (Lipinski definition) is 6. The van der Waals surface area contributed by atoms with E-state index in [4.69, 9.17) is 0 Å². The van der Waals surface area contributed by atoms with Gasteiger partial charge in [-0.3, -0.25) is 10.1 Å². The van der Waals surface area contributed by atoms with E-state index in [-0.39, 0.29) is 16.3 Å². The number of non-ortho nitro benzene ring substituents is 1. The van der Waals surface area contributed by atoms with Crippen molar-refractivity contribution >= 4 is 21.4 Å². The van der Waals surface area contributed by atoms with E-state index >= 15 is 0 Å². The van der Waals surface area contributed by atoms with Crippen LogP contribution in [0, 0.1) is 10.1 Å². The Bertz CT molecular complexity index is 626. The fraction of sp³-hybridized carbons (Fsp3) is 0.500. The smallest absolute Gasteiger partial charge is 0.271 e. The lowest BCUT2D eigenvalue weighted by Gasteiger charge is -2.26. The third-order valence-electron chi connectivity index (χ3n) is 3.34. The van der Waals surface area contributed by atoms with E-state index in [9.17, 15) is 18.5 Å². The maximum Gasteiger partial charge on any atom is 0.271 e. The molecule has 116 valence electrons. The lowest BCUT2D eigenvalue weighted by Crippen LogP contribution is -2.45. The van der Waals surface area contributed by atoms with Crippen LogP contribution in [0.1, 0.15) is 19.3 Å². The molecular weight excluding hydrogens is 296 g/mol. The van der Waals surface area contributed by atoms with Crippen molar-refractivity contribution < 1.29 is 13.3 Å². The summed E-state index contributed by atoms with van der Waals surface area (Å²) in [7, 11) is -2.23. The number of benzene rings is 1. The van der Waals surface area contributed by atoms with Crippen molar-refractivity contribution in [1.29, 1.82) is 0 Å². The molecule has 1 saturated heterocycles. The molecule has 0 spiro atoms. The van der Waals surface area contributed by atoms with Crippen LogP contribution in [0.2, 0.25) is 0 Å². The van der Waals surface area contributed by atoms with Crippen molar-refractivity contribution in [2.45, 2.75) is 24.2 Å². The number of nitrogens with zero attached hydrogens (tertiary/aromatic N) is 2. The van der Waals surface area contributed by atoms with Gasteiger partial charge in [-0.1, -0.05) is 6.42 Å². The first kappa shape index (κ1) is 15.7. The third-order valence-corrected chi connectivity index (χ3v) is 4.77. The van der Waals surface area contributed by atoms with Gasteiger partial charge in [-0.15, -0.1) is 4.83 Å². The highest BCUT2D eigenvalue weighted by molar-refractivity contribution is 7.89. The summed E-state index contributed by atoms with van der Waals surface area (Å²) in [6.07, 6.45) is 2.99. The predicted octanol–water partition coefficient (Wildman–Crippen LogP) is 1.32. The van der Waals surface area contributed by atoms with Crippen LogP contribution < -0.4 is 10.1 Å². The Labute approximate surface area is 123 Å². The number of anilines is 1. The second-order valence-corrected chi connectivity index (χ2v) is 6.46. The predicted molar refractivity (Wildman–Crippen MR) is 78.4 cm³/mol. The highest BCUT2D eigenvalue weighted by atomic mass is 32.2. The topological polar surface area (TPSA) is 105 Å². The van der Waals surface area contributed by atoms with Crippen LogP contribution in [0.4, 0.5) is 11.4 Å². The quantitative estimate of drug-likeness (QED) is 0.627. The largest absolute Gasteiger partial charge is 0.387 e. The number of nitro benzene ring substituents is 1. The molecule has 0 bridgehead atoms. The molecule has 8 nitrogen and oxygen atoms in total. The first-order valence-corrected chi connectivity index (χ1v) is 8.16. The van der Waals surface area contributed by atoms with Crippen LogP contribution in [-0.4, -0.2) is 38.5 Å². The molecule has 1 aromatic carbocycles. The minimum absolute atomic E-state index is 0.00109. The maximum absolute atomic E-state index is 12.4. The Morgan fingerprint density at radius 3 is 2.48 bits per heavy atom. The highest BCUT2D eigenvalue weighted by Gasteiger charge is 2.24. The Morgan fingerprint density at radius 1 is 1.24 bits per heavy atom. The third kappa shape index (κ3) is 3.69. The zero-order chi connectivity index (χ0) is 15.5. The number of hydrazine groups is 1. The molecule has 0 saturated carbocycles. The first-order valence-electron chi connectivity index (χ1n) is 6.67. The molecule has 0 unspecified atom stereocenters. The van der Waals surface area contributed by atoms with E-state index in [0.29, 0.717) is 13.1 Å². The van der Waals surface area contributed by atoms with Gasteiger partial charge in [0.2, 0.25) is 0 Å². The zero-order valence-electron chi connectivity index (χ0n) is 11.7. The lowest BCUT2D eigenvalue weighted by atomic mass is 10.2. The van der Waals surface area contributed by atoms with Crippen LogP contribution in [0.5, 0.6) is 0 Å². The van der Waals surface area contributed by atoms with E-state index in [1.165, 1.54) is 25.2 Å². The van der Waals surface area contributed by atoms with Gasteiger partial charge in [0.15, 0.2) is 0 Å². The molecule has 1 aliphatic heterocycles. The van der Waals surface area contributed by atoms with Crippen molar-refractivity contribution in [3.05, 3.63) is 28.3 Å². The van der Waals surface area contributed by atoms with Crippen molar-refractivity contribution in [3.63, 3.8) is 0 Å². The molecule has 0 aromatic heterocycles. The average Bonchev–Trinajstić information content (AvgIpc) is 2.47. The molecule has 2 N–H and O–H groups in total. The minimum Gasteiger partial charge on any atom is -0.387 e. The maximum atomic E-state index is 12.4. The fourth-order valence-corrected chi connectivity index (χ4v) is 3.58. The molecule has 0 amide bonds. The number of nitro groups is 1. The number of hydrogen-bond donors (Lipinski definition) is 2. The normalized spacial score (nSPS) is 16.6. The molecule has 1 heterocycles. The highest BCUT2D eigenvalue weighted by Crippen LogP contribution is 2.26. The van der Waals surface area contributed by atoms with Gasteiger partial charge in [-0.25, -0.2) is 13.4 Å². The standard InChI is InChI=1S/C12H18N4O4S/c1-13-11-9-10(16(17)18)5-6-12(11)21(19,20)14-15-7-3-2-4-8-15/h5-6,9,13-14H,2-4,7-8H2,1H3. The van der Waals surface area contributed by atoms with E-state index in [0.717, 1.165) is 19.3 Å². The van der Waals surface area contributed by atoms with Crippen LogP contribution >= 0.6 is 0 Å². The van der Waals surface area contributed by atoms with Crippen LogP contribution in [0.3, 0.4) is 0 Å². The van der Waals surface area contributed by atoms with Gasteiger partial charge in [0.25, 0.3) is 15.7 Å². The van der Waals surface area contributed by atoms with Crippen molar-refractivity contribution in [2.75, 3.05) is 25.5 Å². The van der Waals surface area contributed by atoms with E-state index < -0.39 is 14.9 Å². The fourth-order valence-electron chi connectivity index (χ4n) is 2.27. The van der Waals surface area contributed by atoms with Crippen LogP contribution in [0.15, 0.2) is 23.1 Å². The van der Waals surface area contributed by atoms with Crippen molar-refractivity contribution in [2.24, 2.45) is 0 Å². The summed E-state index contributed by atoms with van der Waals surface area (Å²) < 4.78 is 24.8. The summed E-state index contributed by atoms with van der Waals surface area (Å²) in [5, 5.41) is 15.1. The Hall–Kier alpha value is -1.71. The summed E-state index contributed by atoms with van der Waals surface area (Å²) in [6, 6.07) is 3.65. The number of sulfonamides is 1. The van der Waals surface area contributed by atoms with Gasteiger partial charge in [0.1, 0.15) is 4.90 Å². The van der Waals surface area contributed by atoms with E-state index in [2.05, 4.69) is 10.1 Å². The Kier molecular flexibility index (Phi) is 4.76. The lowest BCUT2D eigenvalue weighted by molar-refractivity contribution is -0.384. The molecule has 0 aliphatic carbocycles. The van der Waals surface area contributed by atoms with Crippen LogP contribution in [-0.2, 0) is 10.0 Å². The van der Waals surface area contributed by atoms with E-state index in [1.807, 2.05) is 0 Å². The van der Waals surface area contributed by atoms with Gasteiger partial charge in [0.05, 0.1) is 10.6 Å². The SMILES string of the molecule is CNc1cc([N+](=O)[O-])ccc1S(=O)(=O)NN1CCCCC1. The van der Waals surface area contributed by atoms with Gasteiger partial charge in [0, 0.05) is 32.3 Å². The van der Waals surface area contributed by atoms with Crippen molar-refractivity contribution in [1.82, 2.24) is 9.84 Å². The molecule has 9 heteroatoms. The molecule has 1 aromatic rings. The summed E-state index contributed by atoms with van der Waals surface area (Å²) in [6.45, 7) is 1.34. The summed E-state index contributed by atoms with van der Waals surface area (Å²) in [5.74, 6) is 0. The second kappa shape index (κ2) is 6.37. The van der Waals surface area contributed by atoms with Gasteiger partial charge in [-0.05, 0) is 18.9 Å². The zero-order valence-corrected chi connectivity index (χ0v) is 12.5. The van der Waals surface area contributed by atoms with E-state index in [1.54, 1.807) is 5.01 Å². The molecule has 0 atom stereocenters. The van der Waals surface area contributed by atoms with Gasteiger partial charge >= 0.3 is 0 Å². The summed E-state index contributed by atoms with van der Waals surface area (Å²) >= 11 is 0. The average molecular weight is 314 g/mol. The first-order chi connectivity index (χ1) is 9.94. The van der Waals surface area contributed by atoms with Gasteiger partial charge < -0.3 is 5.32 Å². The van der Waals surface area contributed by atoms with Gasteiger partial charge in [-0.2, -0.15) is 0 Å². The van der Waals surface area contributed by atoms with Crippen molar-refractivity contribution in [3.8, 4) is 0 Å². The number of nitrogens with one attached hydrogen (secondary N) is 2. The second-order valence-electron chi connectivity index (χ2n) is 4.83. The Morgan fingerprint density at radius 2 is 1.90 bits per heavy atom. The Balaban J connectivity index is 2.28. The monoisotopic (exact) mass is 314 g/mol. The molecule has 21 heavy (non-hydrogen) atoms. The molecule has 1 aliphatic rings. The number of rotatable bonds is 5. The van der Waals surface area contributed by atoms with Crippen LogP contribution in [0.25, 0.3) is 0 Å². The molecule has 0 radical (unpaired) electrons.